The molecule has 5 nitrogen and oxygen atoms in total. The third kappa shape index (κ3) is 2.27. The van der Waals surface area contributed by atoms with Crippen LogP contribution in [-0.4, -0.2) is 23.5 Å². The molecule has 0 spiro atoms. The largest absolute Gasteiger partial charge is 0.766 e. The maximum absolute atomic E-state index is 10.7. The van der Waals surface area contributed by atoms with Gasteiger partial charge < -0.3 is 4.55 Å². The Balaban J connectivity index is 2.56. The SMILES string of the molecule is Cc1cc(C)c(-n2cnc(S(=O)[O-])n2)c(C)c1. The predicted octanol–water partition coefficient (Wildman–Crippen LogP) is 1.43. The maximum atomic E-state index is 10.7. The minimum atomic E-state index is -2.39. The molecule has 0 bridgehead atoms. The highest BCUT2D eigenvalue weighted by Crippen LogP contribution is 2.20. The Bertz CT molecular complexity index is 569. The maximum Gasteiger partial charge on any atom is 0.225 e. The second-order valence-corrected chi connectivity index (χ2v) is 4.79. The fourth-order valence-electron chi connectivity index (χ4n) is 1.97. The van der Waals surface area contributed by atoms with E-state index in [4.69, 9.17) is 0 Å². The molecular formula is C11H12N3O2S-. The quantitative estimate of drug-likeness (QED) is 0.756. The van der Waals surface area contributed by atoms with E-state index in [1.54, 1.807) is 0 Å². The van der Waals surface area contributed by atoms with Gasteiger partial charge in [-0.25, -0.2) is 9.67 Å². The van der Waals surface area contributed by atoms with Crippen LogP contribution in [0.4, 0.5) is 0 Å². The molecule has 1 atom stereocenters. The highest BCUT2D eigenvalue weighted by molar-refractivity contribution is 7.78. The van der Waals surface area contributed by atoms with Gasteiger partial charge in [0.05, 0.1) is 5.69 Å². The summed E-state index contributed by atoms with van der Waals surface area (Å²) in [5.74, 6) is 0. The molecule has 0 N–H and O–H groups in total. The lowest BCUT2D eigenvalue weighted by atomic mass is 10.1. The second-order valence-electron chi connectivity index (χ2n) is 3.95. The summed E-state index contributed by atoms with van der Waals surface area (Å²) in [6, 6.07) is 4.05. The van der Waals surface area contributed by atoms with Crippen LogP contribution in [0.15, 0.2) is 23.6 Å². The van der Waals surface area contributed by atoms with E-state index in [-0.39, 0.29) is 5.16 Å². The minimum absolute atomic E-state index is 0.190. The predicted molar refractivity (Wildman–Crippen MR) is 62.8 cm³/mol. The fraction of sp³-hybridized carbons (Fsp3) is 0.273. The Labute approximate surface area is 102 Å². The van der Waals surface area contributed by atoms with Crippen molar-refractivity contribution in [3.8, 4) is 5.69 Å². The monoisotopic (exact) mass is 250 g/mol. The number of hydrogen-bond acceptors (Lipinski definition) is 4. The lowest BCUT2D eigenvalue weighted by molar-refractivity contribution is 0.528. The Kier molecular flexibility index (Phi) is 3.08. The van der Waals surface area contributed by atoms with Crippen molar-refractivity contribution in [1.82, 2.24) is 14.8 Å². The van der Waals surface area contributed by atoms with Gasteiger partial charge in [0.1, 0.15) is 6.33 Å². The summed E-state index contributed by atoms with van der Waals surface area (Å²) < 4.78 is 23.0. The summed E-state index contributed by atoms with van der Waals surface area (Å²) in [6.07, 6.45) is 1.41. The third-order valence-electron chi connectivity index (χ3n) is 2.48. The fourth-order valence-corrected chi connectivity index (χ4v) is 2.25. The Morgan fingerprint density at radius 1 is 1.24 bits per heavy atom. The number of nitrogens with zero attached hydrogens (tertiary/aromatic N) is 3. The first-order valence-corrected chi connectivity index (χ1v) is 6.15. The third-order valence-corrected chi connectivity index (χ3v) is 2.97. The smallest absolute Gasteiger partial charge is 0.225 e. The topological polar surface area (TPSA) is 70.8 Å². The Hall–Kier alpha value is -1.53. The van der Waals surface area contributed by atoms with Crippen molar-refractivity contribution in [2.75, 3.05) is 0 Å². The summed E-state index contributed by atoms with van der Waals surface area (Å²) >= 11 is -2.39. The van der Waals surface area contributed by atoms with E-state index in [1.165, 1.54) is 11.0 Å². The van der Waals surface area contributed by atoms with Crippen LogP contribution in [0.5, 0.6) is 0 Å². The van der Waals surface area contributed by atoms with Crippen molar-refractivity contribution in [3.05, 3.63) is 35.2 Å². The summed E-state index contributed by atoms with van der Waals surface area (Å²) in [7, 11) is 0. The van der Waals surface area contributed by atoms with E-state index in [9.17, 15) is 8.76 Å². The zero-order valence-corrected chi connectivity index (χ0v) is 10.6. The zero-order valence-electron chi connectivity index (χ0n) is 9.80. The van der Waals surface area contributed by atoms with Gasteiger partial charge in [-0.15, -0.1) is 5.10 Å². The lowest BCUT2D eigenvalue weighted by Crippen LogP contribution is -2.02. The standard InChI is InChI=1S/C11H13N3O2S/c1-7-4-8(2)10(9(3)5-7)14-6-12-11(13-14)17(15)16/h4-6H,1-3H3,(H,15,16)/p-1. The number of benzene rings is 1. The molecule has 6 heteroatoms. The Morgan fingerprint density at radius 2 is 1.82 bits per heavy atom. The average molecular weight is 250 g/mol. The van der Waals surface area contributed by atoms with Crippen molar-refractivity contribution in [3.63, 3.8) is 0 Å². The summed E-state index contributed by atoms with van der Waals surface area (Å²) in [5, 5.41) is 3.73. The highest BCUT2D eigenvalue weighted by atomic mass is 32.2. The van der Waals surface area contributed by atoms with Crippen LogP contribution in [0.2, 0.25) is 0 Å². The first-order valence-electron chi connectivity index (χ1n) is 5.08. The molecule has 2 aromatic rings. The highest BCUT2D eigenvalue weighted by Gasteiger charge is 2.09. The molecule has 0 amide bonds. The molecule has 0 aliphatic rings. The molecule has 2 rings (SSSR count). The van der Waals surface area contributed by atoms with Crippen LogP contribution in [0.1, 0.15) is 16.7 Å². The number of hydrogen-bond donors (Lipinski definition) is 0. The molecule has 1 unspecified atom stereocenters. The first-order chi connectivity index (χ1) is 7.99. The molecular weight excluding hydrogens is 238 g/mol. The van der Waals surface area contributed by atoms with Gasteiger partial charge in [-0.1, -0.05) is 17.7 Å². The van der Waals surface area contributed by atoms with Gasteiger partial charge in [0.15, 0.2) is 0 Å². The molecule has 1 aromatic carbocycles. The van der Waals surface area contributed by atoms with E-state index in [1.807, 2.05) is 32.9 Å². The van der Waals surface area contributed by atoms with E-state index < -0.39 is 11.1 Å². The van der Waals surface area contributed by atoms with Crippen LogP contribution in [0.3, 0.4) is 0 Å². The lowest BCUT2D eigenvalue weighted by Gasteiger charge is -2.10. The number of rotatable bonds is 2. The van der Waals surface area contributed by atoms with Crippen LogP contribution in [0, 0.1) is 20.8 Å². The van der Waals surface area contributed by atoms with Gasteiger partial charge in [0, 0.05) is 11.1 Å². The van der Waals surface area contributed by atoms with Gasteiger partial charge in [0.25, 0.3) is 0 Å². The molecule has 0 aliphatic heterocycles. The van der Waals surface area contributed by atoms with Gasteiger partial charge in [-0.3, -0.25) is 4.21 Å². The number of aromatic nitrogens is 3. The molecule has 0 fully saturated rings. The van der Waals surface area contributed by atoms with E-state index in [2.05, 4.69) is 10.1 Å². The van der Waals surface area contributed by atoms with Gasteiger partial charge in [-0.05, 0) is 31.9 Å². The minimum Gasteiger partial charge on any atom is -0.766 e. The average Bonchev–Trinajstić information content (AvgIpc) is 2.65. The summed E-state index contributed by atoms with van der Waals surface area (Å²) in [5.41, 5.74) is 4.11. The molecule has 17 heavy (non-hydrogen) atoms. The van der Waals surface area contributed by atoms with Crippen molar-refractivity contribution in [2.24, 2.45) is 0 Å². The van der Waals surface area contributed by atoms with Gasteiger partial charge in [0.2, 0.25) is 5.16 Å². The van der Waals surface area contributed by atoms with Crippen molar-refractivity contribution >= 4 is 11.1 Å². The summed E-state index contributed by atoms with van der Waals surface area (Å²) in [4.78, 5) is 3.74. The van der Waals surface area contributed by atoms with Crippen LogP contribution < -0.4 is 0 Å². The Morgan fingerprint density at radius 3 is 2.29 bits per heavy atom. The van der Waals surface area contributed by atoms with Crippen LogP contribution in [-0.2, 0) is 11.1 Å². The zero-order chi connectivity index (χ0) is 12.6. The normalized spacial score (nSPS) is 12.7. The van der Waals surface area contributed by atoms with Crippen LogP contribution >= 0.6 is 0 Å². The van der Waals surface area contributed by atoms with Gasteiger partial charge in [-0.2, -0.15) is 0 Å². The van der Waals surface area contributed by atoms with Crippen molar-refractivity contribution in [2.45, 2.75) is 25.9 Å². The number of aryl methyl sites for hydroxylation is 3. The second kappa shape index (κ2) is 4.38. The molecule has 1 heterocycles. The van der Waals surface area contributed by atoms with Crippen molar-refractivity contribution < 1.29 is 8.76 Å². The van der Waals surface area contributed by atoms with E-state index in [0.717, 1.165) is 22.4 Å². The van der Waals surface area contributed by atoms with E-state index in [0.29, 0.717) is 0 Å². The summed E-state index contributed by atoms with van der Waals surface area (Å²) in [6.45, 7) is 5.94. The van der Waals surface area contributed by atoms with Crippen LogP contribution in [0.25, 0.3) is 5.69 Å². The molecule has 0 saturated carbocycles. The molecule has 90 valence electrons. The molecule has 0 saturated heterocycles. The molecule has 1 aromatic heterocycles. The molecule has 0 aliphatic carbocycles. The van der Waals surface area contributed by atoms with Crippen molar-refractivity contribution in [1.29, 1.82) is 0 Å². The first kappa shape index (κ1) is 11.9. The molecule has 0 radical (unpaired) electrons. The van der Waals surface area contributed by atoms with E-state index >= 15 is 0 Å². The van der Waals surface area contributed by atoms with Gasteiger partial charge >= 0.3 is 0 Å².